The summed E-state index contributed by atoms with van der Waals surface area (Å²) in [5.41, 5.74) is 5.40. The van der Waals surface area contributed by atoms with Gasteiger partial charge in [0, 0.05) is 12.5 Å². The minimum Gasteiger partial charge on any atom is -0.353 e. The lowest BCUT2D eigenvalue weighted by Gasteiger charge is -2.29. The first-order valence-electron chi connectivity index (χ1n) is 6.40. The SMILES string of the molecule is CN1CCC(NC(=O)CCCCCN)CC1. The Morgan fingerprint density at radius 2 is 2.00 bits per heavy atom. The van der Waals surface area contributed by atoms with E-state index in [-0.39, 0.29) is 5.91 Å². The van der Waals surface area contributed by atoms with Gasteiger partial charge in [-0.3, -0.25) is 4.79 Å². The molecule has 0 aromatic carbocycles. The van der Waals surface area contributed by atoms with Crippen LogP contribution in [-0.2, 0) is 4.79 Å². The largest absolute Gasteiger partial charge is 0.353 e. The van der Waals surface area contributed by atoms with Crippen molar-refractivity contribution in [3.05, 3.63) is 0 Å². The van der Waals surface area contributed by atoms with Crippen molar-refractivity contribution in [2.24, 2.45) is 5.73 Å². The first-order valence-corrected chi connectivity index (χ1v) is 6.40. The molecule has 0 aromatic rings. The van der Waals surface area contributed by atoms with E-state index in [0.717, 1.165) is 51.7 Å². The highest BCUT2D eigenvalue weighted by molar-refractivity contribution is 5.76. The van der Waals surface area contributed by atoms with E-state index in [9.17, 15) is 4.79 Å². The summed E-state index contributed by atoms with van der Waals surface area (Å²) in [5.74, 6) is 0.214. The van der Waals surface area contributed by atoms with Gasteiger partial charge in [0.2, 0.25) is 5.91 Å². The molecule has 94 valence electrons. The Kier molecular flexibility index (Phi) is 6.42. The molecule has 3 N–H and O–H groups in total. The monoisotopic (exact) mass is 227 g/mol. The average molecular weight is 227 g/mol. The summed E-state index contributed by atoms with van der Waals surface area (Å²) in [6.07, 6.45) is 5.90. The number of nitrogens with zero attached hydrogens (tertiary/aromatic N) is 1. The van der Waals surface area contributed by atoms with Gasteiger partial charge in [0.15, 0.2) is 0 Å². The predicted molar refractivity (Wildman–Crippen MR) is 66.2 cm³/mol. The number of amides is 1. The van der Waals surface area contributed by atoms with Crippen molar-refractivity contribution in [2.45, 2.75) is 44.6 Å². The van der Waals surface area contributed by atoms with Gasteiger partial charge in [-0.05, 0) is 52.4 Å². The normalized spacial score (nSPS) is 18.6. The molecule has 1 aliphatic heterocycles. The Labute approximate surface area is 98.6 Å². The van der Waals surface area contributed by atoms with Gasteiger partial charge in [0.05, 0.1) is 0 Å². The summed E-state index contributed by atoms with van der Waals surface area (Å²) < 4.78 is 0. The number of rotatable bonds is 6. The van der Waals surface area contributed by atoms with E-state index in [2.05, 4.69) is 17.3 Å². The zero-order valence-corrected chi connectivity index (χ0v) is 10.4. The molecule has 0 aliphatic carbocycles. The fourth-order valence-electron chi connectivity index (χ4n) is 2.06. The standard InChI is InChI=1S/C12H25N3O/c1-15-9-6-11(7-10-15)14-12(16)5-3-2-4-8-13/h11H,2-10,13H2,1H3,(H,14,16). The van der Waals surface area contributed by atoms with Crippen LogP contribution in [0.2, 0.25) is 0 Å². The molecule has 0 saturated carbocycles. The van der Waals surface area contributed by atoms with Crippen LogP contribution in [0.4, 0.5) is 0 Å². The molecule has 0 bridgehead atoms. The topological polar surface area (TPSA) is 58.4 Å². The molecule has 1 amide bonds. The second-order valence-corrected chi connectivity index (χ2v) is 4.74. The maximum atomic E-state index is 11.6. The number of piperidine rings is 1. The van der Waals surface area contributed by atoms with Crippen molar-refractivity contribution in [3.63, 3.8) is 0 Å². The Balaban J connectivity index is 2.05. The highest BCUT2D eigenvalue weighted by Crippen LogP contribution is 2.08. The smallest absolute Gasteiger partial charge is 0.220 e. The fourth-order valence-corrected chi connectivity index (χ4v) is 2.06. The molecule has 0 unspecified atom stereocenters. The van der Waals surface area contributed by atoms with Gasteiger partial charge in [-0.1, -0.05) is 6.42 Å². The molecule has 1 heterocycles. The lowest BCUT2D eigenvalue weighted by Crippen LogP contribution is -2.43. The zero-order valence-electron chi connectivity index (χ0n) is 10.4. The third kappa shape index (κ3) is 5.47. The molecule has 0 atom stereocenters. The minimum atomic E-state index is 0.214. The van der Waals surface area contributed by atoms with Crippen molar-refractivity contribution >= 4 is 5.91 Å². The average Bonchev–Trinajstić information content (AvgIpc) is 2.28. The van der Waals surface area contributed by atoms with Crippen molar-refractivity contribution in [1.82, 2.24) is 10.2 Å². The predicted octanol–water partition coefficient (Wildman–Crippen LogP) is 0.716. The third-order valence-electron chi connectivity index (χ3n) is 3.19. The van der Waals surface area contributed by atoms with E-state index < -0.39 is 0 Å². The minimum absolute atomic E-state index is 0.214. The summed E-state index contributed by atoms with van der Waals surface area (Å²) in [6.45, 7) is 2.92. The summed E-state index contributed by atoms with van der Waals surface area (Å²) in [5, 5.41) is 3.12. The number of hydrogen-bond donors (Lipinski definition) is 2. The maximum Gasteiger partial charge on any atom is 0.220 e. The number of carbonyl (C=O) groups excluding carboxylic acids is 1. The van der Waals surface area contributed by atoms with Crippen molar-refractivity contribution < 1.29 is 4.79 Å². The molecule has 0 spiro atoms. The van der Waals surface area contributed by atoms with Crippen LogP contribution in [0.5, 0.6) is 0 Å². The quantitative estimate of drug-likeness (QED) is 0.657. The Hall–Kier alpha value is -0.610. The van der Waals surface area contributed by atoms with Crippen LogP contribution in [0.25, 0.3) is 0 Å². The van der Waals surface area contributed by atoms with Crippen LogP contribution in [0, 0.1) is 0 Å². The molecule has 1 aliphatic rings. The number of likely N-dealkylation sites (tertiary alicyclic amines) is 1. The number of nitrogens with one attached hydrogen (secondary N) is 1. The van der Waals surface area contributed by atoms with E-state index >= 15 is 0 Å². The van der Waals surface area contributed by atoms with Crippen LogP contribution >= 0.6 is 0 Å². The second-order valence-electron chi connectivity index (χ2n) is 4.74. The first-order chi connectivity index (χ1) is 7.72. The first kappa shape index (κ1) is 13.5. The molecule has 1 rings (SSSR count). The van der Waals surface area contributed by atoms with E-state index in [1.165, 1.54) is 0 Å². The van der Waals surface area contributed by atoms with Gasteiger partial charge in [0.25, 0.3) is 0 Å². The highest BCUT2D eigenvalue weighted by Gasteiger charge is 2.17. The summed E-state index contributed by atoms with van der Waals surface area (Å²) >= 11 is 0. The zero-order chi connectivity index (χ0) is 11.8. The summed E-state index contributed by atoms with van der Waals surface area (Å²) in [4.78, 5) is 13.9. The van der Waals surface area contributed by atoms with Crippen LogP contribution < -0.4 is 11.1 Å². The van der Waals surface area contributed by atoms with Crippen molar-refractivity contribution in [3.8, 4) is 0 Å². The molecule has 16 heavy (non-hydrogen) atoms. The molecular weight excluding hydrogens is 202 g/mol. The van der Waals surface area contributed by atoms with Crippen LogP contribution in [0.1, 0.15) is 38.5 Å². The summed E-state index contributed by atoms with van der Waals surface area (Å²) in [7, 11) is 2.13. The molecule has 1 saturated heterocycles. The lowest BCUT2D eigenvalue weighted by molar-refractivity contribution is -0.122. The molecule has 0 aromatic heterocycles. The molecule has 4 nitrogen and oxygen atoms in total. The molecule has 1 fully saturated rings. The Morgan fingerprint density at radius 3 is 2.62 bits per heavy atom. The number of hydrogen-bond acceptors (Lipinski definition) is 3. The number of unbranched alkanes of at least 4 members (excludes halogenated alkanes) is 2. The van der Waals surface area contributed by atoms with Gasteiger partial charge >= 0.3 is 0 Å². The van der Waals surface area contributed by atoms with Crippen molar-refractivity contribution in [2.75, 3.05) is 26.7 Å². The van der Waals surface area contributed by atoms with Gasteiger partial charge in [-0.2, -0.15) is 0 Å². The van der Waals surface area contributed by atoms with Gasteiger partial charge in [-0.25, -0.2) is 0 Å². The van der Waals surface area contributed by atoms with Crippen LogP contribution in [0.15, 0.2) is 0 Å². The van der Waals surface area contributed by atoms with Crippen LogP contribution in [0.3, 0.4) is 0 Å². The maximum absolute atomic E-state index is 11.6. The van der Waals surface area contributed by atoms with E-state index in [4.69, 9.17) is 5.73 Å². The summed E-state index contributed by atoms with van der Waals surface area (Å²) in [6, 6.07) is 0.401. The highest BCUT2D eigenvalue weighted by atomic mass is 16.1. The number of nitrogens with two attached hydrogens (primary N) is 1. The van der Waals surface area contributed by atoms with E-state index in [1.54, 1.807) is 0 Å². The molecule has 0 radical (unpaired) electrons. The Morgan fingerprint density at radius 1 is 1.31 bits per heavy atom. The van der Waals surface area contributed by atoms with E-state index in [1.807, 2.05) is 0 Å². The van der Waals surface area contributed by atoms with Crippen LogP contribution in [-0.4, -0.2) is 43.5 Å². The van der Waals surface area contributed by atoms with E-state index in [0.29, 0.717) is 12.5 Å². The molecule has 4 heteroatoms. The third-order valence-corrected chi connectivity index (χ3v) is 3.19. The fraction of sp³-hybridized carbons (Fsp3) is 0.917. The van der Waals surface area contributed by atoms with Gasteiger partial charge in [0.1, 0.15) is 0 Å². The van der Waals surface area contributed by atoms with Crippen molar-refractivity contribution in [1.29, 1.82) is 0 Å². The van der Waals surface area contributed by atoms with Gasteiger partial charge < -0.3 is 16.0 Å². The lowest BCUT2D eigenvalue weighted by atomic mass is 10.1. The second kappa shape index (κ2) is 7.63. The number of carbonyl (C=O) groups is 1. The molecular formula is C12H25N3O. The van der Waals surface area contributed by atoms with Gasteiger partial charge in [-0.15, -0.1) is 0 Å². The Bertz CT molecular complexity index is 200.